The predicted octanol–water partition coefficient (Wildman–Crippen LogP) is 3.47. The van der Waals surface area contributed by atoms with Gasteiger partial charge in [0.2, 0.25) is 11.8 Å². The number of rotatable bonds is 7. The van der Waals surface area contributed by atoms with Gasteiger partial charge < -0.3 is 15.4 Å². The SMILES string of the molecule is O=C(/C=C/c1ccc(F)cc1)NCC1(NC(=O)/C=C/c2ccc(F)cc2)CCOCC1. The molecule has 2 aromatic carbocycles. The van der Waals surface area contributed by atoms with Crippen LogP contribution in [0.1, 0.15) is 24.0 Å². The first-order valence-electron chi connectivity index (χ1n) is 9.99. The summed E-state index contributed by atoms with van der Waals surface area (Å²) in [5, 5.41) is 5.81. The van der Waals surface area contributed by atoms with Crippen molar-refractivity contribution in [2.45, 2.75) is 18.4 Å². The molecule has 3 rings (SSSR count). The molecule has 0 bridgehead atoms. The minimum Gasteiger partial charge on any atom is -0.381 e. The molecule has 0 aliphatic carbocycles. The van der Waals surface area contributed by atoms with Crippen LogP contribution in [0.3, 0.4) is 0 Å². The molecule has 1 fully saturated rings. The van der Waals surface area contributed by atoms with Gasteiger partial charge in [-0.25, -0.2) is 8.78 Å². The Kier molecular flexibility index (Phi) is 7.67. The lowest BCUT2D eigenvalue weighted by Crippen LogP contribution is -2.57. The third kappa shape index (κ3) is 7.15. The number of halogens is 2. The minimum atomic E-state index is -0.623. The van der Waals surface area contributed by atoms with Crippen LogP contribution in [0.2, 0.25) is 0 Å². The maximum atomic E-state index is 13.0. The number of carbonyl (C=O) groups is 2. The van der Waals surface area contributed by atoms with Gasteiger partial charge in [-0.3, -0.25) is 9.59 Å². The third-order valence-corrected chi connectivity index (χ3v) is 5.03. The molecular formula is C24H24F2N2O3. The molecule has 0 atom stereocenters. The van der Waals surface area contributed by atoms with Gasteiger partial charge >= 0.3 is 0 Å². The van der Waals surface area contributed by atoms with Crippen molar-refractivity contribution in [3.63, 3.8) is 0 Å². The predicted molar refractivity (Wildman–Crippen MR) is 115 cm³/mol. The smallest absolute Gasteiger partial charge is 0.244 e. The van der Waals surface area contributed by atoms with Crippen LogP contribution in [-0.2, 0) is 14.3 Å². The Labute approximate surface area is 179 Å². The Morgan fingerprint density at radius 1 is 0.839 bits per heavy atom. The molecule has 1 heterocycles. The number of benzene rings is 2. The lowest BCUT2D eigenvalue weighted by molar-refractivity contribution is -0.121. The van der Waals surface area contributed by atoms with E-state index in [9.17, 15) is 18.4 Å². The first-order chi connectivity index (χ1) is 14.9. The van der Waals surface area contributed by atoms with E-state index in [2.05, 4.69) is 10.6 Å². The summed E-state index contributed by atoms with van der Waals surface area (Å²) in [6, 6.07) is 11.6. The number of amides is 2. The molecule has 1 saturated heterocycles. The fraction of sp³-hybridized carbons (Fsp3) is 0.250. The fourth-order valence-corrected chi connectivity index (χ4v) is 3.22. The van der Waals surface area contributed by atoms with E-state index in [4.69, 9.17) is 4.74 Å². The number of carbonyl (C=O) groups excluding carboxylic acids is 2. The average molecular weight is 426 g/mol. The summed E-state index contributed by atoms with van der Waals surface area (Å²) in [4.78, 5) is 24.7. The summed E-state index contributed by atoms with van der Waals surface area (Å²) in [7, 11) is 0. The number of hydrogen-bond acceptors (Lipinski definition) is 3. The highest BCUT2D eigenvalue weighted by Crippen LogP contribution is 2.20. The number of hydrogen-bond donors (Lipinski definition) is 2. The van der Waals surface area contributed by atoms with Gasteiger partial charge in [0.05, 0.1) is 5.54 Å². The zero-order valence-electron chi connectivity index (χ0n) is 16.9. The third-order valence-electron chi connectivity index (χ3n) is 5.03. The number of ether oxygens (including phenoxy) is 1. The van der Waals surface area contributed by atoms with E-state index < -0.39 is 5.54 Å². The van der Waals surface area contributed by atoms with E-state index in [-0.39, 0.29) is 30.0 Å². The lowest BCUT2D eigenvalue weighted by atomic mass is 9.89. The second-order valence-corrected chi connectivity index (χ2v) is 7.37. The standard InChI is InChI=1S/C24H24F2N2O3/c25-20-7-1-18(2-8-20)5-11-22(29)27-17-24(13-15-31-16-14-24)28-23(30)12-6-19-3-9-21(26)10-4-19/h1-12H,13-17H2,(H,27,29)(H,28,30)/b11-5+,12-6+. The van der Waals surface area contributed by atoms with Gasteiger partial charge in [-0.2, -0.15) is 0 Å². The van der Waals surface area contributed by atoms with Crippen LogP contribution in [0, 0.1) is 11.6 Å². The maximum Gasteiger partial charge on any atom is 0.244 e. The molecule has 2 N–H and O–H groups in total. The highest BCUT2D eigenvalue weighted by atomic mass is 19.1. The van der Waals surface area contributed by atoms with Crippen LogP contribution in [0.15, 0.2) is 60.7 Å². The molecule has 0 saturated carbocycles. The Morgan fingerprint density at radius 2 is 1.32 bits per heavy atom. The summed E-state index contributed by atoms with van der Waals surface area (Å²) >= 11 is 0. The summed E-state index contributed by atoms with van der Waals surface area (Å²) in [5.41, 5.74) is 0.787. The van der Waals surface area contributed by atoms with E-state index in [0.717, 1.165) is 0 Å². The Morgan fingerprint density at radius 3 is 1.84 bits per heavy atom. The van der Waals surface area contributed by atoms with Crippen LogP contribution >= 0.6 is 0 Å². The Bertz CT molecular complexity index is 948. The molecule has 31 heavy (non-hydrogen) atoms. The highest BCUT2D eigenvalue weighted by Gasteiger charge is 2.33. The van der Waals surface area contributed by atoms with Gasteiger partial charge in [-0.05, 0) is 60.4 Å². The molecule has 2 amide bonds. The van der Waals surface area contributed by atoms with Crippen molar-refractivity contribution in [1.82, 2.24) is 10.6 Å². The van der Waals surface area contributed by atoms with Gasteiger partial charge in [0, 0.05) is 31.9 Å². The maximum absolute atomic E-state index is 13.0. The molecule has 5 nitrogen and oxygen atoms in total. The topological polar surface area (TPSA) is 67.4 Å². The van der Waals surface area contributed by atoms with Crippen molar-refractivity contribution in [1.29, 1.82) is 0 Å². The van der Waals surface area contributed by atoms with Crippen molar-refractivity contribution in [3.05, 3.63) is 83.4 Å². The van der Waals surface area contributed by atoms with Gasteiger partial charge in [0.25, 0.3) is 0 Å². The van der Waals surface area contributed by atoms with E-state index in [1.807, 2.05) is 0 Å². The minimum absolute atomic E-state index is 0.249. The molecule has 0 aromatic heterocycles. The average Bonchev–Trinajstić information content (AvgIpc) is 2.78. The second kappa shape index (κ2) is 10.6. The van der Waals surface area contributed by atoms with Gasteiger partial charge in [-0.15, -0.1) is 0 Å². The molecule has 0 radical (unpaired) electrons. The van der Waals surface area contributed by atoms with Crippen molar-refractivity contribution < 1.29 is 23.1 Å². The quantitative estimate of drug-likeness (QED) is 0.667. The van der Waals surface area contributed by atoms with Crippen molar-refractivity contribution in [3.8, 4) is 0 Å². The van der Waals surface area contributed by atoms with E-state index in [0.29, 0.717) is 37.2 Å². The van der Waals surface area contributed by atoms with E-state index in [1.165, 1.54) is 36.4 Å². The van der Waals surface area contributed by atoms with Crippen LogP contribution in [-0.4, -0.2) is 37.1 Å². The normalized spacial score (nSPS) is 15.8. The van der Waals surface area contributed by atoms with Gasteiger partial charge in [0.1, 0.15) is 11.6 Å². The Hall–Kier alpha value is -3.32. The van der Waals surface area contributed by atoms with Crippen molar-refractivity contribution >= 4 is 24.0 Å². The number of nitrogens with one attached hydrogen (secondary N) is 2. The molecule has 1 aliphatic rings. The monoisotopic (exact) mass is 426 g/mol. The van der Waals surface area contributed by atoms with Crippen LogP contribution in [0.5, 0.6) is 0 Å². The Balaban J connectivity index is 1.58. The van der Waals surface area contributed by atoms with Crippen molar-refractivity contribution in [2.24, 2.45) is 0 Å². The first-order valence-corrected chi connectivity index (χ1v) is 9.99. The van der Waals surface area contributed by atoms with Gasteiger partial charge in [-0.1, -0.05) is 24.3 Å². The van der Waals surface area contributed by atoms with Crippen molar-refractivity contribution in [2.75, 3.05) is 19.8 Å². The highest BCUT2D eigenvalue weighted by molar-refractivity contribution is 5.93. The molecule has 0 spiro atoms. The molecule has 162 valence electrons. The summed E-state index contributed by atoms with van der Waals surface area (Å²) in [5.74, 6) is -1.30. The molecule has 1 aliphatic heterocycles. The lowest BCUT2D eigenvalue weighted by Gasteiger charge is -2.37. The zero-order chi connectivity index (χ0) is 22.1. The molecular weight excluding hydrogens is 402 g/mol. The van der Waals surface area contributed by atoms with E-state index >= 15 is 0 Å². The molecule has 0 unspecified atom stereocenters. The molecule has 2 aromatic rings. The summed E-state index contributed by atoms with van der Waals surface area (Å²) in [6.07, 6.45) is 7.08. The summed E-state index contributed by atoms with van der Waals surface area (Å²) in [6.45, 7) is 1.20. The summed E-state index contributed by atoms with van der Waals surface area (Å²) < 4.78 is 31.4. The van der Waals surface area contributed by atoms with Crippen LogP contribution in [0.4, 0.5) is 8.78 Å². The zero-order valence-corrected chi connectivity index (χ0v) is 16.9. The van der Waals surface area contributed by atoms with Crippen LogP contribution < -0.4 is 10.6 Å². The van der Waals surface area contributed by atoms with Crippen LogP contribution in [0.25, 0.3) is 12.2 Å². The van der Waals surface area contributed by atoms with Gasteiger partial charge in [0.15, 0.2) is 0 Å². The first kappa shape index (κ1) is 22.4. The largest absolute Gasteiger partial charge is 0.381 e. The van der Waals surface area contributed by atoms with E-state index in [1.54, 1.807) is 36.4 Å². The molecule has 7 heteroatoms. The fourth-order valence-electron chi connectivity index (χ4n) is 3.22. The second-order valence-electron chi connectivity index (χ2n) is 7.37.